The molecular formula is C36H51N3O4. The monoisotopic (exact) mass is 589 g/mol. The first-order valence-corrected chi connectivity index (χ1v) is 16.5. The smallest absolute Gasteiger partial charge is 0.251 e. The highest BCUT2D eigenvalue weighted by Crippen LogP contribution is 2.48. The lowest BCUT2D eigenvalue weighted by Crippen LogP contribution is -2.58. The highest BCUT2D eigenvalue weighted by molar-refractivity contribution is 5.99. The van der Waals surface area contributed by atoms with Gasteiger partial charge in [-0.1, -0.05) is 50.5 Å². The van der Waals surface area contributed by atoms with Gasteiger partial charge in [0.05, 0.1) is 12.5 Å². The van der Waals surface area contributed by atoms with Crippen LogP contribution in [0.3, 0.4) is 0 Å². The van der Waals surface area contributed by atoms with Crippen LogP contribution in [0.1, 0.15) is 93.6 Å². The highest BCUT2D eigenvalue weighted by Gasteiger charge is 2.49. The van der Waals surface area contributed by atoms with Crippen LogP contribution >= 0.6 is 0 Å². The van der Waals surface area contributed by atoms with Gasteiger partial charge in [-0.2, -0.15) is 0 Å². The van der Waals surface area contributed by atoms with Crippen LogP contribution in [0.25, 0.3) is 11.1 Å². The van der Waals surface area contributed by atoms with Crippen LogP contribution in [0, 0.1) is 24.2 Å². The molecule has 3 fully saturated rings. The fourth-order valence-corrected chi connectivity index (χ4v) is 8.15. The number of aliphatic hydroxyl groups is 1. The molecule has 7 nitrogen and oxygen atoms in total. The zero-order valence-electron chi connectivity index (χ0n) is 26.6. The average molecular weight is 590 g/mol. The minimum Gasteiger partial charge on any atom is -0.392 e. The van der Waals surface area contributed by atoms with Crippen LogP contribution in [0.4, 0.5) is 5.69 Å². The van der Waals surface area contributed by atoms with E-state index in [0.717, 1.165) is 67.0 Å². The van der Waals surface area contributed by atoms with E-state index in [1.54, 1.807) is 0 Å². The minimum atomic E-state index is -0.251. The molecule has 0 aromatic heterocycles. The summed E-state index contributed by atoms with van der Waals surface area (Å²) in [5, 5.41) is 16.0. The number of ether oxygens (including phenoxy) is 1. The quantitative estimate of drug-likeness (QED) is 0.334. The van der Waals surface area contributed by atoms with Crippen molar-refractivity contribution in [2.75, 3.05) is 31.2 Å². The molecule has 2 aliphatic heterocycles. The number of rotatable bonds is 9. The zero-order chi connectivity index (χ0) is 30.6. The van der Waals surface area contributed by atoms with E-state index < -0.39 is 0 Å². The molecule has 5 rings (SSSR count). The average Bonchev–Trinajstić information content (AvgIpc) is 3.02. The van der Waals surface area contributed by atoms with E-state index in [9.17, 15) is 14.7 Å². The van der Waals surface area contributed by atoms with Crippen molar-refractivity contribution in [2.24, 2.45) is 17.3 Å². The van der Waals surface area contributed by atoms with Gasteiger partial charge in [0, 0.05) is 49.6 Å². The molecule has 2 saturated heterocycles. The standard InChI is InChI=1S/C36H51N3O4/c1-5-39(30-15-17-43-18-16-30)33-20-28(27-13-11-26(23-40)12-14-27)19-31(25(33)3)34(41)37-22-32-35(42)38-24(2)21-36(32,4)29-9-7-6-8-10-29/h11-14,19-20,24,29-30,32,40H,5-10,15-18,21-23H2,1-4H3,(H,37,41)(H,38,42). The van der Waals surface area contributed by atoms with Crippen LogP contribution in [-0.4, -0.2) is 55.3 Å². The number of nitrogens with one attached hydrogen (secondary N) is 2. The van der Waals surface area contributed by atoms with Crippen LogP contribution in [-0.2, 0) is 16.1 Å². The molecule has 0 bridgehead atoms. The Hall–Kier alpha value is -2.90. The van der Waals surface area contributed by atoms with Crippen LogP contribution < -0.4 is 15.5 Å². The van der Waals surface area contributed by atoms with Gasteiger partial charge in [-0.3, -0.25) is 9.59 Å². The second-order valence-electron chi connectivity index (χ2n) is 13.4. The van der Waals surface area contributed by atoms with Crippen molar-refractivity contribution < 1.29 is 19.4 Å². The number of anilines is 1. The Labute approximate surface area is 257 Å². The molecule has 3 atom stereocenters. The van der Waals surface area contributed by atoms with Crippen molar-refractivity contribution >= 4 is 17.5 Å². The van der Waals surface area contributed by atoms with E-state index >= 15 is 0 Å². The first kappa shape index (κ1) is 31.5. The Kier molecular flexibility index (Phi) is 10.1. The van der Waals surface area contributed by atoms with E-state index in [4.69, 9.17) is 4.74 Å². The Morgan fingerprint density at radius 1 is 1.07 bits per heavy atom. The summed E-state index contributed by atoms with van der Waals surface area (Å²) in [5.74, 6) is 0.193. The van der Waals surface area contributed by atoms with Crippen LogP contribution in [0.5, 0.6) is 0 Å². The summed E-state index contributed by atoms with van der Waals surface area (Å²) < 4.78 is 5.66. The van der Waals surface area contributed by atoms with Gasteiger partial charge >= 0.3 is 0 Å². The molecule has 0 spiro atoms. The summed E-state index contributed by atoms with van der Waals surface area (Å²) in [5.41, 5.74) is 5.37. The number of amides is 2. The maximum atomic E-state index is 14.1. The Morgan fingerprint density at radius 2 is 1.77 bits per heavy atom. The van der Waals surface area contributed by atoms with Crippen LogP contribution in [0.2, 0.25) is 0 Å². The van der Waals surface area contributed by atoms with Crippen molar-refractivity contribution in [3.63, 3.8) is 0 Å². The highest BCUT2D eigenvalue weighted by atomic mass is 16.5. The molecule has 3 unspecified atom stereocenters. The Morgan fingerprint density at radius 3 is 2.42 bits per heavy atom. The Bertz CT molecular complexity index is 1270. The third kappa shape index (κ3) is 6.78. The number of aliphatic hydroxyl groups excluding tert-OH is 1. The third-order valence-corrected chi connectivity index (χ3v) is 10.6. The van der Waals surface area contributed by atoms with Gasteiger partial charge in [0.2, 0.25) is 5.91 Å². The molecule has 7 heteroatoms. The van der Waals surface area contributed by atoms with Gasteiger partial charge in [-0.15, -0.1) is 0 Å². The second-order valence-corrected chi connectivity index (χ2v) is 13.4. The van der Waals surface area contributed by atoms with Gasteiger partial charge in [0.25, 0.3) is 5.91 Å². The minimum absolute atomic E-state index is 0.00620. The molecule has 43 heavy (non-hydrogen) atoms. The second kappa shape index (κ2) is 13.8. The fourth-order valence-electron chi connectivity index (χ4n) is 8.15. The zero-order valence-corrected chi connectivity index (χ0v) is 26.6. The van der Waals surface area contributed by atoms with Gasteiger partial charge in [-0.05, 0) is 98.6 Å². The number of benzene rings is 2. The molecule has 2 aromatic rings. The summed E-state index contributed by atoms with van der Waals surface area (Å²) >= 11 is 0. The third-order valence-electron chi connectivity index (χ3n) is 10.6. The van der Waals surface area contributed by atoms with Crippen molar-refractivity contribution in [3.8, 4) is 11.1 Å². The van der Waals surface area contributed by atoms with E-state index in [1.807, 2.05) is 37.3 Å². The van der Waals surface area contributed by atoms with Crippen LogP contribution in [0.15, 0.2) is 36.4 Å². The summed E-state index contributed by atoms with van der Waals surface area (Å²) in [4.78, 5) is 29.9. The molecule has 2 heterocycles. The molecule has 3 aliphatic rings. The maximum Gasteiger partial charge on any atom is 0.251 e. The molecule has 2 aromatic carbocycles. The van der Waals surface area contributed by atoms with E-state index in [-0.39, 0.29) is 35.8 Å². The van der Waals surface area contributed by atoms with E-state index in [0.29, 0.717) is 24.1 Å². The summed E-state index contributed by atoms with van der Waals surface area (Å²) in [6, 6.07) is 12.6. The lowest BCUT2D eigenvalue weighted by Gasteiger charge is -2.49. The van der Waals surface area contributed by atoms with Gasteiger partial charge < -0.3 is 25.4 Å². The molecule has 0 radical (unpaired) electrons. The number of nitrogens with zero attached hydrogens (tertiary/aromatic N) is 1. The first-order valence-electron chi connectivity index (χ1n) is 16.5. The predicted molar refractivity (Wildman–Crippen MR) is 172 cm³/mol. The molecule has 1 saturated carbocycles. The summed E-state index contributed by atoms with van der Waals surface area (Å²) in [6.45, 7) is 11.3. The van der Waals surface area contributed by atoms with E-state index in [1.165, 1.54) is 32.1 Å². The lowest BCUT2D eigenvalue weighted by atomic mass is 9.59. The number of carbonyl (C=O) groups excluding carboxylic acids is 2. The fraction of sp³-hybridized carbons (Fsp3) is 0.611. The molecule has 3 N–H and O–H groups in total. The van der Waals surface area contributed by atoms with Gasteiger partial charge in [-0.25, -0.2) is 0 Å². The number of hydrogen-bond donors (Lipinski definition) is 3. The van der Waals surface area contributed by atoms with Gasteiger partial charge in [0.15, 0.2) is 0 Å². The molecule has 234 valence electrons. The first-order chi connectivity index (χ1) is 20.7. The lowest BCUT2D eigenvalue weighted by molar-refractivity contribution is -0.137. The number of carbonyl (C=O) groups is 2. The van der Waals surface area contributed by atoms with Crippen molar-refractivity contribution in [1.29, 1.82) is 0 Å². The SMILES string of the molecule is CCN(c1cc(-c2ccc(CO)cc2)cc(C(=O)NCC2C(=O)NC(C)CC2(C)C2CCCCC2)c1C)C1CCOCC1. The summed E-state index contributed by atoms with van der Waals surface area (Å²) in [7, 11) is 0. The predicted octanol–water partition coefficient (Wildman–Crippen LogP) is 6.00. The van der Waals surface area contributed by atoms with Crippen molar-refractivity contribution in [2.45, 2.75) is 97.8 Å². The number of piperidine rings is 1. The number of hydrogen-bond acceptors (Lipinski definition) is 5. The van der Waals surface area contributed by atoms with Crippen molar-refractivity contribution in [3.05, 3.63) is 53.1 Å². The molecule has 2 amide bonds. The Balaban J connectivity index is 1.46. The van der Waals surface area contributed by atoms with E-state index in [2.05, 4.69) is 42.4 Å². The maximum absolute atomic E-state index is 14.1. The van der Waals surface area contributed by atoms with Crippen molar-refractivity contribution in [1.82, 2.24) is 10.6 Å². The van der Waals surface area contributed by atoms with Gasteiger partial charge in [0.1, 0.15) is 0 Å². The normalized spacial score (nSPS) is 25.3. The molecular weight excluding hydrogens is 538 g/mol. The summed E-state index contributed by atoms with van der Waals surface area (Å²) in [6.07, 6.45) is 8.93. The largest absolute Gasteiger partial charge is 0.392 e. The molecule has 1 aliphatic carbocycles. The topological polar surface area (TPSA) is 90.9 Å².